The summed E-state index contributed by atoms with van der Waals surface area (Å²) in [6, 6.07) is 0.597. The average molecular weight is 227 g/mol. The van der Waals surface area contributed by atoms with Crippen LogP contribution in [0.3, 0.4) is 0 Å². The van der Waals surface area contributed by atoms with Gasteiger partial charge in [0.2, 0.25) is 0 Å². The quantitative estimate of drug-likeness (QED) is 0.651. The van der Waals surface area contributed by atoms with Crippen LogP contribution in [0.1, 0.15) is 39.5 Å². The summed E-state index contributed by atoms with van der Waals surface area (Å²) in [6.07, 6.45) is 5.22. The highest BCUT2D eigenvalue weighted by Gasteiger charge is 2.34. The minimum atomic E-state index is -0.157. The van der Waals surface area contributed by atoms with Gasteiger partial charge in [-0.1, -0.05) is 13.8 Å². The summed E-state index contributed by atoms with van der Waals surface area (Å²) in [5, 5.41) is 0. The topological polar surface area (TPSA) is 29.5 Å². The molecule has 3 heteroatoms. The molecule has 1 fully saturated rings. The molecule has 0 aromatic rings. The van der Waals surface area contributed by atoms with Gasteiger partial charge < -0.3 is 14.4 Å². The van der Waals surface area contributed by atoms with Crippen molar-refractivity contribution >= 4 is 6.29 Å². The SMILES string of the molecule is CCC(CC)N(C)CC1(C=O)CCOCC1. The average Bonchev–Trinajstić information content (AvgIpc) is 2.32. The van der Waals surface area contributed by atoms with Gasteiger partial charge in [-0.15, -0.1) is 0 Å². The van der Waals surface area contributed by atoms with E-state index in [9.17, 15) is 4.79 Å². The second kappa shape index (κ2) is 6.36. The first-order chi connectivity index (χ1) is 7.67. The summed E-state index contributed by atoms with van der Waals surface area (Å²) < 4.78 is 5.34. The maximum absolute atomic E-state index is 11.3. The largest absolute Gasteiger partial charge is 0.381 e. The van der Waals surface area contributed by atoms with E-state index in [0.717, 1.165) is 51.7 Å². The van der Waals surface area contributed by atoms with E-state index in [0.29, 0.717) is 6.04 Å². The van der Waals surface area contributed by atoms with Crippen LogP contribution >= 0.6 is 0 Å². The van der Waals surface area contributed by atoms with Crippen LogP contribution in [0.4, 0.5) is 0 Å². The Morgan fingerprint density at radius 1 is 1.31 bits per heavy atom. The normalized spacial score (nSPS) is 20.3. The number of carbonyl (C=O) groups is 1. The van der Waals surface area contributed by atoms with E-state index in [1.807, 2.05) is 0 Å². The first-order valence-electron chi connectivity index (χ1n) is 6.41. The monoisotopic (exact) mass is 227 g/mol. The number of hydrogen-bond donors (Lipinski definition) is 0. The van der Waals surface area contributed by atoms with Crippen LogP contribution in [-0.2, 0) is 9.53 Å². The van der Waals surface area contributed by atoms with Gasteiger partial charge in [-0.3, -0.25) is 0 Å². The molecule has 0 aliphatic carbocycles. The van der Waals surface area contributed by atoms with Crippen molar-refractivity contribution in [3.05, 3.63) is 0 Å². The zero-order valence-corrected chi connectivity index (χ0v) is 10.9. The molecule has 0 amide bonds. The molecule has 1 aliphatic rings. The fraction of sp³-hybridized carbons (Fsp3) is 0.923. The van der Waals surface area contributed by atoms with Crippen LogP contribution in [0.5, 0.6) is 0 Å². The van der Waals surface area contributed by atoms with E-state index in [1.165, 1.54) is 0 Å². The Morgan fingerprint density at radius 3 is 2.31 bits per heavy atom. The Balaban J connectivity index is 2.57. The van der Waals surface area contributed by atoms with Crippen molar-refractivity contribution in [1.29, 1.82) is 0 Å². The van der Waals surface area contributed by atoms with Crippen molar-refractivity contribution < 1.29 is 9.53 Å². The molecule has 0 aromatic heterocycles. The predicted molar refractivity (Wildman–Crippen MR) is 65.6 cm³/mol. The number of rotatable bonds is 6. The van der Waals surface area contributed by atoms with E-state index in [2.05, 4.69) is 25.8 Å². The molecule has 1 rings (SSSR count). The van der Waals surface area contributed by atoms with Gasteiger partial charge in [-0.2, -0.15) is 0 Å². The lowest BCUT2D eigenvalue weighted by molar-refractivity contribution is -0.123. The molecule has 0 bridgehead atoms. The maximum Gasteiger partial charge on any atom is 0.127 e. The number of aldehydes is 1. The Morgan fingerprint density at radius 2 is 1.88 bits per heavy atom. The van der Waals surface area contributed by atoms with Gasteiger partial charge in [0.1, 0.15) is 6.29 Å². The number of nitrogens with zero attached hydrogens (tertiary/aromatic N) is 1. The molecule has 0 atom stereocenters. The van der Waals surface area contributed by atoms with Crippen LogP contribution < -0.4 is 0 Å². The minimum Gasteiger partial charge on any atom is -0.381 e. The number of hydrogen-bond acceptors (Lipinski definition) is 3. The third kappa shape index (κ3) is 3.29. The van der Waals surface area contributed by atoms with Crippen molar-refractivity contribution in [2.24, 2.45) is 5.41 Å². The summed E-state index contributed by atoms with van der Waals surface area (Å²) in [5.41, 5.74) is -0.157. The van der Waals surface area contributed by atoms with Crippen LogP contribution in [0, 0.1) is 5.41 Å². The van der Waals surface area contributed by atoms with Crippen molar-refractivity contribution in [2.45, 2.75) is 45.6 Å². The molecule has 0 radical (unpaired) electrons. The van der Waals surface area contributed by atoms with Gasteiger partial charge in [-0.05, 0) is 32.7 Å². The fourth-order valence-electron chi connectivity index (χ4n) is 2.63. The second-order valence-corrected chi connectivity index (χ2v) is 4.98. The van der Waals surface area contributed by atoms with Crippen LogP contribution in [-0.4, -0.2) is 44.0 Å². The highest BCUT2D eigenvalue weighted by atomic mass is 16.5. The predicted octanol–water partition coefficient (Wildman–Crippen LogP) is 2.10. The highest BCUT2D eigenvalue weighted by molar-refractivity contribution is 5.60. The summed E-state index contributed by atoms with van der Waals surface area (Å²) in [4.78, 5) is 13.7. The van der Waals surface area contributed by atoms with E-state index < -0.39 is 0 Å². The van der Waals surface area contributed by atoms with Gasteiger partial charge in [0.25, 0.3) is 0 Å². The zero-order chi connectivity index (χ0) is 12.0. The third-order valence-corrected chi connectivity index (χ3v) is 3.87. The molecule has 1 saturated heterocycles. The molecular weight excluding hydrogens is 202 g/mol. The number of ether oxygens (including phenoxy) is 1. The van der Waals surface area contributed by atoms with Crippen molar-refractivity contribution in [3.63, 3.8) is 0 Å². The Bertz CT molecular complexity index is 208. The van der Waals surface area contributed by atoms with Crippen LogP contribution in [0.25, 0.3) is 0 Å². The second-order valence-electron chi connectivity index (χ2n) is 4.98. The molecule has 16 heavy (non-hydrogen) atoms. The fourth-order valence-corrected chi connectivity index (χ4v) is 2.63. The summed E-state index contributed by atoms with van der Waals surface area (Å²) in [5.74, 6) is 0. The molecular formula is C13H25NO2. The van der Waals surface area contributed by atoms with E-state index in [-0.39, 0.29) is 5.41 Å². The smallest absolute Gasteiger partial charge is 0.127 e. The van der Waals surface area contributed by atoms with Gasteiger partial charge in [-0.25, -0.2) is 0 Å². The molecule has 1 aliphatic heterocycles. The lowest BCUT2D eigenvalue weighted by Crippen LogP contribution is -2.44. The molecule has 1 heterocycles. The number of carbonyl (C=O) groups excluding carboxylic acids is 1. The summed E-state index contributed by atoms with van der Waals surface area (Å²) in [7, 11) is 2.14. The van der Waals surface area contributed by atoms with E-state index in [4.69, 9.17) is 4.74 Å². The first kappa shape index (κ1) is 13.7. The Labute approximate surface area is 99.1 Å². The first-order valence-corrected chi connectivity index (χ1v) is 6.41. The Hall–Kier alpha value is -0.410. The maximum atomic E-state index is 11.3. The molecule has 0 aromatic carbocycles. The van der Waals surface area contributed by atoms with Crippen LogP contribution in [0.2, 0.25) is 0 Å². The van der Waals surface area contributed by atoms with Crippen molar-refractivity contribution in [3.8, 4) is 0 Å². The molecule has 3 nitrogen and oxygen atoms in total. The summed E-state index contributed by atoms with van der Waals surface area (Å²) >= 11 is 0. The zero-order valence-electron chi connectivity index (χ0n) is 10.9. The highest BCUT2D eigenvalue weighted by Crippen LogP contribution is 2.29. The molecule has 0 unspecified atom stereocenters. The van der Waals surface area contributed by atoms with Gasteiger partial charge >= 0.3 is 0 Å². The van der Waals surface area contributed by atoms with Gasteiger partial charge in [0.05, 0.1) is 0 Å². The van der Waals surface area contributed by atoms with Crippen molar-refractivity contribution in [1.82, 2.24) is 4.90 Å². The molecule has 94 valence electrons. The lowest BCUT2D eigenvalue weighted by atomic mass is 9.81. The van der Waals surface area contributed by atoms with Gasteiger partial charge in [0.15, 0.2) is 0 Å². The van der Waals surface area contributed by atoms with Crippen molar-refractivity contribution in [2.75, 3.05) is 26.8 Å². The van der Waals surface area contributed by atoms with E-state index in [1.54, 1.807) is 0 Å². The molecule has 0 spiro atoms. The van der Waals surface area contributed by atoms with Crippen LogP contribution in [0.15, 0.2) is 0 Å². The minimum absolute atomic E-state index is 0.157. The lowest BCUT2D eigenvalue weighted by Gasteiger charge is -2.38. The standard InChI is InChI=1S/C13H25NO2/c1-4-12(5-2)14(3)10-13(11-15)6-8-16-9-7-13/h11-12H,4-10H2,1-3H3. The van der Waals surface area contributed by atoms with E-state index >= 15 is 0 Å². The third-order valence-electron chi connectivity index (χ3n) is 3.87. The Kier molecular flexibility index (Phi) is 5.42. The summed E-state index contributed by atoms with van der Waals surface area (Å²) in [6.45, 7) is 6.77. The molecule has 0 saturated carbocycles. The van der Waals surface area contributed by atoms with Gasteiger partial charge in [0, 0.05) is 31.2 Å². The molecule has 0 N–H and O–H groups in total.